The fraction of sp³-hybridized carbons (Fsp3) is 0.161. The van der Waals surface area contributed by atoms with E-state index in [1.165, 1.54) is 15.9 Å². The maximum atomic E-state index is 13.3. The lowest BCUT2D eigenvalue weighted by molar-refractivity contribution is 0.309. The van der Waals surface area contributed by atoms with E-state index in [-0.39, 0.29) is 5.56 Å². The number of aromatic nitrogens is 5. The first-order valence-electron chi connectivity index (χ1n) is 13.0. The second kappa shape index (κ2) is 10.7. The molecule has 3 aromatic heterocycles. The van der Waals surface area contributed by atoms with Crippen molar-refractivity contribution < 1.29 is 4.74 Å². The number of unbranched alkanes of at least 4 members (excludes halogenated alkanes) is 1. The highest BCUT2D eigenvalue weighted by Gasteiger charge is 2.15. The van der Waals surface area contributed by atoms with Crippen LogP contribution in [0.2, 0.25) is 0 Å². The highest BCUT2D eigenvalue weighted by molar-refractivity contribution is 7.15. The molecule has 3 heterocycles. The van der Waals surface area contributed by atoms with Crippen molar-refractivity contribution in [2.75, 3.05) is 6.61 Å². The van der Waals surface area contributed by atoms with E-state index in [0.29, 0.717) is 21.9 Å². The summed E-state index contributed by atoms with van der Waals surface area (Å²) >= 11 is 1.32. The van der Waals surface area contributed by atoms with Gasteiger partial charge in [0.1, 0.15) is 11.4 Å². The molecule has 0 aliphatic carbocycles. The summed E-state index contributed by atoms with van der Waals surface area (Å²) in [4.78, 5) is 18.5. The maximum absolute atomic E-state index is 13.3. The fourth-order valence-corrected chi connectivity index (χ4v) is 5.17. The Bertz CT molecular complexity index is 1840. The van der Waals surface area contributed by atoms with Gasteiger partial charge >= 0.3 is 0 Å². The van der Waals surface area contributed by atoms with Crippen LogP contribution >= 0.6 is 11.3 Å². The fourth-order valence-electron chi connectivity index (χ4n) is 4.27. The predicted octanol–water partition coefficient (Wildman–Crippen LogP) is 5.71. The van der Waals surface area contributed by atoms with Crippen molar-refractivity contribution in [1.82, 2.24) is 24.4 Å². The molecule has 0 aliphatic heterocycles. The summed E-state index contributed by atoms with van der Waals surface area (Å²) in [5.41, 5.74) is 5.33. The monoisotopic (exact) mass is 533 g/mol. The summed E-state index contributed by atoms with van der Waals surface area (Å²) in [5.74, 6) is 1.38. The Kier molecular flexibility index (Phi) is 6.77. The molecule has 39 heavy (non-hydrogen) atoms. The van der Waals surface area contributed by atoms with Gasteiger partial charge in [-0.1, -0.05) is 72.7 Å². The molecule has 0 aliphatic rings. The van der Waals surface area contributed by atoms with E-state index < -0.39 is 0 Å². The van der Waals surface area contributed by atoms with Gasteiger partial charge in [0.15, 0.2) is 5.82 Å². The highest BCUT2D eigenvalue weighted by atomic mass is 32.1. The van der Waals surface area contributed by atoms with Crippen LogP contribution in [0.15, 0.2) is 89.9 Å². The number of hydrogen-bond acceptors (Lipinski definition) is 6. The molecule has 0 bridgehead atoms. The molecular formula is C31H27N5O2S. The van der Waals surface area contributed by atoms with Gasteiger partial charge < -0.3 is 4.74 Å². The van der Waals surface area contributed by atoms with Crippen LogP contribution in [0.3, 0.4) is 0 Å². The van der Waals surface area contributed by atoms with Gasteiger partial charge in [-0.05, 0) is 55.8 Å². The van der Waals surface area contributed by atoms with E-state index in [1.807, 2.05) is 103 Å². The topological polar surface area (TPSA) is 74.3 Å². The molecule has 6 rings (SSSR count). The first-order valence-corrected chi connectivity index (χ1v) is 13.8. The Labute approximate surface area is 229 Å². The number of ether oxygens (including phenoxy) is 1. The average Bonchev–Trinajstić information content (AvgIpc) is 3.65. The number of thiazole rings is 1. The minimum absolute atomic E-state index is 0.195. The largest absolute Gasteiger partial charge is 0.494 e. The minimum Gasteiger partial charge on any atom is -0.494 e. The smallest absolute Gasteiger partial charge is 0.291 e. The molecule has 0 N–H and O–H groups in total. The molecule has 0 radical (unpaired) electrons. The van der Waals surface area contributed by atoms with Gasteiger partial charge in [0, 0.05) is 22.9 Å². The molecule has 6 aromatic rings. The van der Waals surface area contributed by atoms with Crippen LogP contribution in [0.25, 0.3) is 39.4 Å². The van der Waals surface area contributed by atoms with Crippen LogP contribution < -0.4 is 14.8 Å². The van der Waals surface area contributed by atoms with E-state index in [1.54, 1.807) is 0 Å². The van der Waals surface area contributed by atoms with Crippen molar-refractivity contribution in [3.05, 3.63) is 111 Å². The van der Waals surface area contributed by atoms with Gasteiger partial charge in [-0.2, -0.15) is 14.6 Å². The Hall–Kier alpha value is -4.56. The van der Waals surface area contributed by atoms with Crippen LogP contribution in [0, 0.1) is 6.92 Å². The van der Waals surface area contributed by atoms with E-state index in [0.717, 1.165) is 52.2 Å². The van der Waals surface area contributed by atoms with Crippen molar-refractivity contribution in [3.63, 3.8) is 0 Å². The summed E-state index contributed by atoms with van der Waals surface area (Å²) in [7, 11) is 0. The van der Waals surface area contributed by atoms with Crippen molar-refractivity contribution in [3.8, 4) is 34.1 Å². The zero-order chi connectivity index (χ0) is 26.8. The molecule has 8 heteroatoms. The molecule has 0 spiro atoms. The zero-order valence-corrected chi connectivity index (χ0v) is 22.6. The summed E-state index contributed by atoms with van der Waals surface area (Å²) in [6.45, 7) is 4.87. The third-order valence-electron chi connectivity index (χ3n) is 6.44. The number of fused-ring (bicyclic) bond motifs is 1. The number of benzene rings is 3. The van der Waals surface area contributed by atoms with Crippen molar-refractivity contribution in [1.29, 1.82) is 0 Å². The lowest BCUT2D eigenvalue weighted by Crippen LogP contribution is -2.23. The predicted molar refractivity (Wildman–Crippen MR) is 155 cm³/mol. The van der Waals surface area contributed by atoms with E-state index in [9.17, 15) is 4.79 Å². The number of para-hydroxylation sites is 1. The van der Waals surface area contributed by atoms with Crippen molar-refractivity contribution >= 4 is 22.4 Å². The van der Waals surface area contributed by atoms with Crippen LogP contribution in [-0.4, -0.2) is 31.0 Å². The standard InChI is InChI=1S/C31H27N5O2S/c1-3-4-18-38-26-16-14-22(15-17-26)28-24(20-35(33-28)25-8-6-5-7-9-25)19-27-30(37)36-31(39-27)32-29(34-36)23-12-10-21(2)11-13-23/h5-17,19-20H,3-4,18H2,1-2H3. The second-order valence-corrected chi connectivity index (χ2v) is 10.4. The van der Waals surface area contributed by atoms with E-state index in [2.05, 4.69) is 17.0 Å². The van der Waals surface area contributed by atoms with Gasteiger partial charge in [-0.3, -0.25) is 4.79 Å². The SMILES string of the molecule is CCCCOc1ccc(-c2nn(-c3ccccc3)cc2C=c2sc3nc(-c4ccc(C)cc4)nn3c2=O)cc1. The number of aryl methyl sites for hydroxylation is 1. The van der Waals surface area contributed by atoms with E-state index in [4.69, 9.17) is 9.84 Å². The Morgan fingerprint density at radius 3 is 2.38 bits per heavy atom. The molecule has 0 unspecified atom stereocenters. The summed E-state index contributed by atoms with van der Waals surface area (Å²) < 4.78 is 9.61. The van der Waals surface area contributed by atoms with Crippen LogP contribution in [0.5, 0.6) is 5.75 Å². The average molecular weight is 534 g/mol. The van der Waals surface area contributed by atoms with Crippen LogP contribution in [-0.2, 0) is 0 Å². The number of rotatable bonds is 8. The lowest BCUT2D eigenvalue weighted by atomic mass is 10.1. The Morgan fingerprint density at radius 2 is 1.67 bits per heavy atom. The third kappa shape index (κ3) is 5.11. The second-order valence-electron chi connectivity index (χ2n) is 9.35. The van der Waals surface area contributed by atoms with Crippen LogP contribution in [0.4, 0.5) is 0 Å². The third-order valence-corrected chi connectivity index (χ3v) is 7.40. The lowest BCUT2D eigenvalue weighted by Gasteiger charge is -2.06. The number of nitrogens with zero attached hydrogens (tertiary/aromatic N) is 5. The van der Waals surface area contributed by atoms with Crippen LogP contribution in [0.1, 0.15) is 30.9 Å². The molecule has 0 amide bonds. The summed E-state index contributed by atoms with van der Waals surface area (Å²) in [6.07, 6.45) is 5.93. The molecule has 0 fully saturated rings. The Morgan fingerprint density at radius 1 is 0.923 bits per heavy atom. The maximum Gasteiger partial charge on any atom is 0.291 e. The molecule has 0 atom stereocenters. The minimum atomic E-state index is -0.195. The van der Waals surface area contributed by atoms with Crippen molar-refractivity contribution in [2.24, 2.45) is 0 Å². The molecular weight excluding hydrogens is 506 g/mol. The first kappa shape index (κ1) is 24.8. The normalized spacial score (nSPS) is 11.9. The van der Waals surface area contributed by atoms with E-state index >= 15 is 0 Å². The summed E-state index contributed by atoms with van der Waals surface area (Å²) in [6, 6.07) is 25.8. The van der Waals surface area contributed by atoms with Gasteiger partial charge in [-0.25, -0.2) is 4.68 Å². The van der Waals surface area contributed by atoms with Gasteiger partial charge in [0.2, 0.25) is 4.96 Å². The first-order chi connectivity index (χ1) is 19.1. The molecule has 0 saturated heterocycles. The quantitative estimate of drug-likeness (QED) is 0.235. The highest BCUT2D eigenvalue weighted by Crippen LogP contribution is 2.27. The molecule has 3 aromatic carbocycles. The van der Waals surface area contributed by atoms with Gasteiger partial charge in [0.05, 0.1) is 16.8 Å². The number of hydrogen-bond donors (Lipinski definition) is 0. The molecule has 194 valence electrons. The van der Waals surface area contributed by atoms with Gasteiger partial charge in [0.25, 0.3) is 5.56 Å². The molecule has 7 nitrogen and oxygen atoms in total. The summed E-state index contributed by atoms with van der Waals surface area (Å²) in [5, 5.41) is 9.39. The molecule has 0 saturated carbocycles. The van der Waals surface area contributed by atoms with Crippen molar-refractivity contribution in [2.45, 2.75) is 26.7 Å². The zero-order valence-electron chi connectivity index (χ0n) is 21.7. The Balaban J connectivity index is 1.40. The van der Waals surface area contributed by atoms with Gasteiger partial charge in [-0.15, -0.1) is 5.10 Å².